The van der Waals surface area contributed by atoms with Crippen molar-refractivity contribution >= 4 is 5.78 Å². The van der Waals surface area contributed by atoms with Gasteiger partial charge in [-0.1, -0.05) is 20.8 Å². The Kier molecular flexibility index (Phi) is 2.38. The van der Waals surface area contributed by atoms with Crippen LogP contribution in [-0.2, 0) is 4.79 Å². The normalized spacial score (nSPS) is 15.2. The zero-order valence-electron chi connectivity index (χ0n) is 6.56. The first-order valence-electron chi connectivity index (χ1n) is 3.11. The van der Waals surface area contributed by atoms with Crippen molar-refractivity contribution in [1.82, 2.24) is 0 Å². The molecule has 54 valence electrons. The predicted molar refractivity (Wildman–Crippen MR) is 38.1 cm³/mol. The molecule has 0 aliphatic carbocycles. The minimum Gasteiger partial charge on any atom is -0.321 e. The number of Topliss-reactive ketones (excluding diaryl/α,β-unsaturated/α-hetero) is 1. The molecule has 0 bridgehead atoms. The van der Waals surface area contributed by atoms with Gasteiger partial charge < -0.3 is 5.73 Å². The summed E-state index contributed by atoms with van der Waals surface area (Å²) in [4.78, 5) is 10.7. The first-order valence-corrected chi connectivity index (χ1v) is 3.11. The Hall–Kier alpha value is -0.370. The lowest BCUT2D eigenvalue weighted by atomic mass is 9.85. The smallest absolute Gasteiger partial charge is 0.146 e. The topological polar surface area (TPSA) is 43.1 Å². The fourth-order valence-electron chi connectivity index (χ4n) is 0.610. The fraction of sp³-hybridized carbons (Fsp3) is 0.857. The Morgan fingerprint density at radius 2 is 1.78 bits per heavy atom. The molecule has 0 saturated heterocycles. The molecule has 0 fully saturated rings. The van der Waals surface area contributed by atoms with Crippen molar-refractivity contribution in [2.75, 3.05) is 0 Å². The second-order valence-electron chi connectivity index (χ2n) is 3.45. The summed E-state index contributed by atoms with van der Waals surface area (Å²) in [5.74, 6) is 0.0579. The summed E-state index contributed by atoms with van der Waals surface area (Å²) in [7, 11) is 0. The van der Waals surface area contributed by atoms with E-state index in [2.05, 4.69) is 0 Å². The van der Waals surface area contributed by atoms with Crippen LogP contribution in [0.1, 0.15) is 27.7 Å². The van der Waals surface area contributed by atoms with Crippen LogP contribution in [0.25, 0.3) is 0 Å². The molecule has 9 heavy (non-hydrogen) atoms. The van der Waals surface area contributed by atoms with Crippen molar-refractivity contribution in [3.05, 3.63) is 0 Å². The molecule has 0 rings (SSSR count). The van der Waals surface area contributed by atoms with Gasteiger partial charge in [-0.05, 0) is 12.3 Å². The molecular formula is C7H15NO. The molecule has 0 spiro atoms. The third-order valence-electron chi connectivity index (χ3n) is 1.37. The molecule has 0 unspecified atom stereocenters. The first-order chi connectivity index (χ1) is 3.85. The van der Waals surface area contributed by atoms with Gasteiger partial charge in [0, 0.05) is 0 Å². The summed E-state index contributed by atoms with van der Waals surface area (Å²) in [6.07, 6.45) is 0. The Bertz CT molecular complexity index is 113. The highest BCUT2D eigenvalue weighted by Crippen LogP contribution is 2.17. The average molecular weight is 129 g/mol. The maximum atomic E-state index is 10.7. The van der Waals surface area contributed by atoms with E-state index in [9.17, 15) is 4.79 Å². The summed E-state index contributed by atoms with van der Waals surface area (Å²) in [6.45, 7) is 7.40. The molecule has 0 amide bonds. The molecule has 2 N–H and O–H groups in total. The number of nitrogens with two attached hydrogens (primary N) is 1. The SMILES string of the molecule is CC(=O)[C@@H](N)C(C)(C)C. The van der Waals surface area contributed by atoms with Gasteiger partial charge in [-0.3, -0.25) is 4.79 Å². The van der Waals surface area contributed by atoms with Gasteiger partial charge in [-0.2, -0.15) is 0 Å². The fourth-order valence-corrected chi connectivity index (χ4v) is 0.610. The molecule has 0 aromatic rings. The molecule has 0 aliphatic heterocycles. The van der Waals surface area contributed by atoms with E-state index in [1.807, 2.05) is 20.8 Å². The molecule has 0 radical (unpaired) electrons. The minimum atomic E-state index is -0.322. The van der Waals surface area contributed by atoms with Crippen LogP contribution >= 0.6 is 0 Å². The van der Waals surface area contributed by atoms with E-state index in [1.165, 1.54) is 6.92 Å². The number of carbonyl (C=O) groups is 1. The molecule has 0 aromatic heterocycles. The monoisotopic (exact) mass is 129 g/mol. The largest absolute Gasteiger partial charge is 0.321 e. The van der Waals surface area contributed by atoms with Crippen LogP contribution in [0.5, 0.6) is 0 Å². The van der Waals surface area contributed by atoms with Crippen LogP contribution in [-0.4, -0.2) is 11.8 Å². The lowest BCUT2D eigenvalue weighted by molar-refractivity contribution is -0.120. The van der Waals surface area contributed by atoms with Crippen LogP contribution in [0.3, 0.4) is 0 Å². The summed E-state index contributed by atoms with van der Waals surface area (Å²) < 4.78 is 0. The molecule has 2 nitrogen and oxygen atoms in total. The van der Waals surface area contributed by atoms with Crippen LogP contribution in [0, 0.1) is 5.41 Å². The number of ketones is 1. The number of hydrogen-bond acceptors (Lipinski definition) is 2. The molecule has 0 aliphatic rings. The maximum Gasteiger partial charge on any atom is 0.146 e. The van der Waals surface area contributed by atoms with Crippen molar-refractivity contribution in [3.63, 3.8) is 0 Å². The van der Waals surface area contributed by atoms with Crippen molar-refractivity contribution in [3.8, 4) is 0 Å². The van der Waals surface area contributed by atoms with Crippen LogP contribution < -0.4 is 5.73 Å². The van der Waals surface area contributed by atoms with Crippen LogP contribution in [0.15, 0.2) is 0 Å². The Morgan fingerprint density at radius 3 is 1.78 bits per heavy atom. The minimum absolute atomic E-state index is 0.0579. The van der Waals surface area contributed by atoms with Crippen LogP contribution in [0.4, 0.5) is 0 Å². The van der Waals surface area contributed by atoms with Gasteiger partial charge in [0.25, 0.3) is 0 Å². The van der Waals surface area contributed by atoms with E-state index in [1.54, 1.807) is 0 Å². The van der Waals surface area contributed by atoms with Crippen LogP contribution in [0.2, 0.25) is 0 Å². The van der Waals surface area contributed by atoms with Gasteiger partial charge in [0.1, 0.15) is 5.78 Å². The quantitative estimate of drug-likeness (QED) is 0.572. The summed E-state index contributed by atoms with van der Waals surface area (Å²) >= 11 is 0. The summed E-state index contributed by atoms with van der Waals surface area (Å²) in [5.41, 5.74) is 5.45. The van der Waals surface area contributed by atoms with E-state index in [-0.39, 0.29) is 17.2 Å². The number of rotatable bonds is 1. The van der Waals surface area contributed by atoms with E-state index >= 15 is 0 Å². The van der Waals surface area contributed by atoms with Gasteiger partial charge in [0.2, 0.25) is 0 Å². The van der Waals surface area contributed by atoms with Crippen molar-refractivity contribution < 1.29 is 4.79 Å². The lowest BCUT2D eigenvalue weighted by Crippen LogP contribution is -2.40. The van der Waals surface area contributed by atoms with Gasteiger partial charge in [-0.25, -0.2) is 0 Å². The zero-order chi connectivity index (χ0) is 7.65. The zero-order valence-corrected chi connectivity index (χ0v) is 6.56. The van der Waals surface area contributed by atoms with Crippen molar-refractivity contribution in [2.45, 2.75) is 33.7 Å². The second kappa shape index (κ2) is 2.48. The Labute approximate surface area is 56.4 Å². The Balaban J connectivity index is 4.04. The molecule has 1 atom stereocenters. The second-order valence-corrected chi connectivity index (χ2v) is 3.45. The average Bonchev–Trinajstić information content (AvgIpc) is 1.62. The van der Waals surface area contributed by atoms with Gasteiger partial charge in [0.15, 0.2) is 0 Å². The number of carbonyl (C=O) groups excluding carboxylic acids is 1. The van der Waals surface area contributed by atoms with Crippen molar-refractivity contribution in [1.29, 1.82) is 0 Å². The molecule has 2 heteroatoms. The third kappa shape index (κ3) is 2.61. The summed E-state index contributed by atoms with van der Waals surface area (Å²) in [6, 6.07) is -0.322. The van der Waals surface area contributed by atoms with Gasteiger partial charge in [-0.15, -0.1) is 0 Å². The Morgan fingerprint density at radius 1 is 1.44 bits per heavy atom. The third-order valence-corrected chi connectivity index (χ3v) is 1.37. The highest BCUT2D eigenvalue weighted by atomic mass is 16.1. The van der Waals surface area contributed by atoms with Crippen molar-refractivity contribution in [2.24, 2.45) is 11.1 Å². The lowest BCUT2D eigenvalue weighted by Gasteiger charge is -2.23. The highest BCUT2D eigenvalue weighted by molar-refractivity contribution is 5.81. The van der Waals surface area contributed by atoms with E-state index < -0.39 is 0 Å². The number of hydrogen-bond donors (Lipinski definition) is 1. The summed E-state index contributed by atoms with van der Waals surface area (Å²) in [5, 5.41) is 0. The predicted octanol–water partition coefficient (Wildman–Crippen LogP) is 0.949. The first kappa shape index (κ1) is 8.63. The standard InChI is InChI=1S/C7H15NO/c1-5(9)6(8)7(2,3)4/h6H,8H2,1-4H3/t6-/m1/s1. The molecule has 0 saturated carbocycles. The van der Waals surface area contributed by atoms with E-state index in [0.717, 1.165) is 0 Å². The maximum absolute atomic E-state index is 10.7. The van der Waals surface area contributed by atoms with Gasteiger partial charge >= 0.3 is 0 Å². The van der Waals surface area contributed by atoms with E-state index in [4.69, 9.17) is 5.73 Å². The molecule has 0 heterocycles. The molecular weight excluding hydrogens is 114 g/mol. The molecule has 0 aromatic carbocycles. The highest BCUT2D eigenvalue weighted by Gasteiger charge is 2.23. The van der Waals surface area contributed by atoms with E-state index in [0.29, 0.717) is 0 Å². The van der Waals surface area contributed by atoms with Gasteiger partial charge in [0.05, 0.1) is 6.04 Å².